The molecule has 2 atom stereocenters. The molecular formula is C5H6N4O3. The van der Waals surface area contributed by atoms with Crippen molar-refractivity contribution in [1.29, 1.82) is 0 Å². The van der Waals surface area contributed by atoms with Gasteiger partial charge in [0.25, 0.3) is 5.91 Å². The standard InChI is InChI=1S/C5H6N4O3/c10-3-1-2(7-4(11)6-1)8-5(12)9-3/h1-2H,(H2,6,7,11)(H2,8,9,10,12)/t1-,2+/m1/s1. The third-order valence-corrected chi connectivity index (χ3v) is 1.71. The maximum atomic E-state index is 11.0. The first-order valence-corrected chi connectivity index (χ1v) is 3.35. The lowest BCUT2D eigenvalue weighted by Crippen LogP contribution is -2.64. The zero-order valence-corrected chi connectivity index (χ0v) is 5.88. The van der Waals surface area contributed by atoms with Gasteiger partial charge in [0.1, 0.15) is 12.2 Å². The lowest BCUT2D eigenvalue weighted by molar-refractivity contribution is -0.122. The summed E-state index contributed by atoms with van der Waals surface area (Å²) in [6.07, 6.45) is -0.626. The Labute approximate surface area is 66.9 Å². The molecule has 2 aliphatic rings. The molecule has 0 aromatic rings. The SMILES string of the molecule is O=C1NC(=O)[C@@H]2NC(=O)N[C@H]2N1. The Morgan fingerprint density at radius 3 is 2.33 bits per heavy atom. The summed E-state index contributed by atoms with van der Waals surface area (Å²) in [5, 5.41) is 9.12. The van der Waals surface area contributed by atoms with Crippen molar-refractivity contribution in [2.24, 2.45) is 0 Å². The molecule has 5 amide bonds. The number of nitrogens with one attached hydrogen (secondary N) is 4. The second-order valence-corrected chi connectivity index (χ2v) is 2.54. The van der Waals surface area contributed by atoms with Crippen LogP contribution in [0.1, 0.15) is 0 Å². The highest BCUT2D eigenvalue weighted by Gasteiger charge is 2.41. The first-order valence-electron chi connectivity index (χ1n) is 3.35. The fourth-order valence-corrected chi connectivity index (χ4v) is 1.19. The highest BCUT2D eigenvalue weighted by molar-refractivity contribution is 6.03. The van der Waals surface area contributed by atoms with Crippen molar-refractivity contribution in [2.75, 3.05) is 0 Å². The first kappa shape index (κ1) is 6.89. The lowest BCUT2D eigenvalue weighted by Gasteiger charge is -2.23. The Balaban J connectivity index is 2.20. The van der Waals surface area contributed by atoms with Gasteiger partial charge >= 0.3 is 12.1 Å². The summed E-state index contributed by atoms with van der Waals surface area (Å²) in [7, 11) is 0. The average Bonchev–Trinajstić information content (AvgIpc) is 2.29. The monoisotopic (exact) mass is 170 g/mol. The van der Waals surface area contributed by atoms with E-state index in [1.807, 2.05) is 5.32 Å². The quantitative estimate of drug-likeness (QED) is 0.333. The van der Waals surface area contributed by atoms with Crippen LogP contribution in [0.15, 0.2) is 0 Å². The Morgan fingerprint density at radius 2 is 1.58 bits per heavy atom. The van der Waals surface area contributed by atoms with E-state index in [0.717, 1.165) is 0 Å². The molecule has 0 saturated carbocycles. The van der Waals surface area contributed by atoms with Crippen molar-refractivity contribution in [3.8, 4) is 0 Å². The van der Waals surface area contributed by atoms with Crippen LogP contribution >= 0.6 is 0 Å². The molecule has 0 bridgehead atoms. The van der Waals surface area contributed by atoms with Gasteiger partial charge < -0.3 is 16.0 Å². The molecule has 0 spiro atoms. The molecule has 7 nitrogen and oxygen atoms in total. The molecule has 0 radical (unpaired) electrons. The van der Waals surface area contributed by atoms with Gasteiger partial charge in [-0.1, -0.05) is 0 Å². The van der Waals surface area contributed by atoms with Crippen LogP contribution in [-0.4, -0.2) is 30.2 Å². The van der Waals surface area contributed by atoms with Gasteiger partial charge in [0.15, 0.2) is 0 Å². The largest absolute Gasteiger partial charge is 0.323 e. The summed E-state index contributed by atoms with van der Waals surface area (Å²) in [6.45, 7) is 0. The molecule has 2 aliphatic heterocycles. The van der Waals surface area contributed by atoms with E-state index in [0.29, 0.717) is 0 Å². The van der Waals surface area contributed by atoms with Crippen LogP contribution in [-0.2, 0) is 4.79 Å². The smallest absolute Gasteiger partial charge is 0.323 e. The predicted molar refractivity (Wildman–Crippen MR) is 35.9 cm³/mol. The van der Waals surface area contributed by atoms with E-state index in [2.05, 4.69) is 16.0 Å². The Morgan fingerprint density at radius 1 is 0.917 bits per heavy atom. The topological polar surface area (TPSA) is 99.3 Å². The number of imide groups is 1. The van der Waals surface area contributed by atoms with Gasteiger partial charge in [0, 0.05) is 0 Å². The van der Waals surface area contributed by atoms with Crippen molar-refractivity contribution in [3.63, 3.8) is 0 Å². The molecule has 0 aromatic carbocycles. The van der Waals surface area contributed by atoms with E-state index in [4.69, 9.17) is 0 Å². The van der Waals surface area contributed by atoms with Crippen LogP contribution in [0, 0.1) is 0 Å². The molecule has 2 heterocycles. The summed E-state index contributed by atoms with van der Waals surface area (Å²) in [4.78, 5) is 32.4. The number of carbonyl (C=O) groups is 3. The van der Waals surface area contributed by atoms with E-state index in [-0.39, 0.29) is 0 Å². The van der Waals surface area contributed by atoms with E-state index in [1.54, 1.807) is 0 Å². The Hall–Kier alpha value is -1.79. The van der Waals surface area contributed by atoms with E-state index >= 15 is 0 Å². The van der Waals surface area contributed by atoms with Crippen molar-refractivity contribution >= 4 is 18.0 Å². The van der Waals surface area contributed by atoms with Crippen LogP contribution in [0.2, 0.25) is 0 Å². The molecule has 0 aromatic heterocycles. The van der Waals surface area contributed by atoms with Gasteiger partial charge in [-0.25, -0.2) is 9.59 Å². The summed E-state index contributed by atoms with van der Waals surface area (Å²) in [5.74, 6) is -0.498. The van der Waals surface area contributed by atoms with Gasteiger partial charge in [-0.3, -0.25) is 10.1 Å². The third-order valence-electron chi connectivity index (χ3n) is 1.71. The maximum absolute atomic E-state index is 11.0. The number of carbonyl (C=O) groups excluding carboxylic acids is 3. The summed E-state index contributed by atoms with van der Waals surface area (Å²) >= 11 is 0. The fourth-order valence-electron chi connectivity index (χ4n) is 1.19. The molecule has 2 fully saturated rings. The minimum absolute atomic E-state index is 0.456. The van der Waals surface area contributed by atoms with E-state index in [1.165, 1.54) is 0 Å². The third kappa shape index (κ3) is 0.865. The zero-order chi connectivity index (χ0) is 8.72. The minimum atomic E-state index is -0.699. The van der Waals surface area contributed by atoms with Gasteiger partial charge in [0.2, 0.25) is 0 Å². The number of hydrogen-bond acceptors (Lipinski definition) is 3. The number of hydrogen-bond donors (Lipinski definition) is 4. The molecule has 4 N–H and O–H groups in total. The second-order valence-electron chi connectivity index (χ2n) is 2.54. The van der Waals surface area contributed by atoms with Crippen molar-refractivity contribution in [1.82, 2.24) is 21.3 Å². The molecular weight excluding hydrogens is 164 g/mol. The minimum Gasteiger partial charge on any atom is -0.323 e. The molecule has 2 rings (SSSR count). The van der Waals surface area contributed by atoms with Crippen LogP contribution in [0.3, 0.4) is 0 Å². The van der Waals surface area contributed by atoms with Crippen molar-refractivity contribution in [2.45, 2.75) is 12.2 Å². The van der Waals surface area contributed by atoms with E-state index < -0.39 is 30.2 Å². The van der Waals surface area contributed by atoms with Crippen LogP contribution in [0.4, 0.5) is 9.59 Å². The second kappa shape index (κ2) is 2.10. The Bertz CT molecular complexity index is 276. The highest BCUT2D eigenvalue weighted by Crippen LogP contribution is 2.02. The van der Waals surface area contributed by atoms with Gasteiger partial charge in [-0.05, 0) is 0 Å². The van der Waals surface area contributed by atoms with Gasteiger partial charge in [0.05, 0.1) is 0 Å². The molecule has 2 saturated heterocycles. The number of rotatable bonds is 0. The number of amides is 5. The number of urea groups is 2. The maximum Gasteiger partial charge on any atom is 0.323 e. The summed E-state index contributed by atoms with van der Waals surface area (Å²) < 4.78 is 0. The van der Waals surface area contributed by atoms with Crippen molar-refractivity contribution < 1.29 is 14.4 Å². The zero-order valence-electron chi connectivity index (χ0n) is 5.88. The van der Waals surface area contributed by atoms with Gasteiger partial charge in [-0.15, -0.1) is 0 Å². The predicted octanol–water partition coefficient (Wildman–Crippen LogP) is -2.17. The summed E-state index contributed by atoms with van der Waals surface area (Å²) in [6, 6.07) is -1.75. The van der Waals surface area contributed by atoms with Gasteiger partial charge in [-0.2, -0.15) is 0 Å². The molecule has 0 aliphatic carbocycles. The molecule has 0 unspecified atom stereocenters. The van der Waals surface area contributed by atoms with Crippen molar-refractivity contribution in [3.05, 3.63) is 0 Å². The Kier molecular flexibility index (Phi) is 1.20. The fraction of sp³-hybridized carbons (Fsp3) is 0.400. The number of fused-ring (bicyclic) bond motifs is 1. The van der Waals surface area contributed by atoms with E-state index in [9.17, 15) is 14.4 Å². The van der Waals surface area contributed by atoms with Crippen LogP contribution in [0.5, 0.6) is 0 Å². The molecule has 12 heavy (non-hydrogen) atoms. The normalized spacial score (nSPS) is 32.8. The highest BCUT2D eigenvalue weighted by atomic mass is 16.2. The first-order chi connectivity index (χ1) is 5.66. The molecule has 64 valence electrons. The summed E-state index contributed by atoms with van der Waals surface area (Å²) in [5.41, 5.74) is 0. The average molecular weight is 170 g/mol. The van der Waals surface area contributed by atoms with Crippen LogP contribution in [0.25, 0.3) is 0 Å². The molecule has 7 heteroatoms. The van der Waals surface area contributed by atoms with Crippen LogP contribution < -0.4 is 21.3 Å². The lowest BCUT2D eigenvalue weighted by atomic mass is 10.2.